The number of fused-ring (bicyclic) bond motifs is 2. The van der Waals surface area contributed by atoms with Crippen molar-refractivity contribution in [2.24, 2.45) is 0 Å². The number of hydrogen-bond acceptors (Lipinski definition) is 6. The maximum Gasteiger partial charge on any atom is 0.175 e. The summed E-state index contributed by atoms with van der Waals surface area (Å²) in [6.45, 7) is 1.72. The lowest BCUT2D eigenvalue weighted by Crippen LogP contribution is -2.34. The smallest absolute Gasteiger partial charge is 0.175 e. The summed E-state index contributed by atoms with van der Waals surface area (Å²) in [4.78, 5) is 10.7. The maximum atomic E-state index is 13.3. The van der Waals surface area contributed by atoms with Crippen molar-refractivity contribution in [2.75, 3.05) is 18.0 Å². The fraction of sp³-hybridized carbons (Fsp3) is 0.294. The molecule has 7 nitrogen and oxygen atoms in total. The van der Waals surface area contributed by atoms with Gasteiger partial charge in [0, 0.05) is 30.5 Å². The van der Waals surface area contributed by atoms with Crippen molar-refractivity contribution < 1.29 is 8.91 Å². The summed E-state index contributed by atoms with van der Waals surface area (Å²) < 4.78 is 20.4. The van der Waals surface area contributed by atoms with Gasteiger partial charge in [0.25, 0.3) is 0 Å². The molecule has 1 fully saturated rings. The van der Waals surface area contributed by atoms with Gasteiger partial charge < -0.3 is 9.42 Å². The van der Waals surface area contributed by atoms with Crippen LogP contribution >= 0.6 is 0 Å². The highest BCUT2D eigenvalue weighted by Crippen LogP contribution is 2.34. The number of anilines is 1. The molecule has 0 spiro atoms. The molecule has 0 saturated carbocycles. The van der Waals surface area contributed by atoms with Gasteiger partial charge in [-0.2, -0.15) is 9.61 Å². The normalized spacial score (nSPS) is 16.1. The minimum absolute atomic E-state index is 0.297. The summed E-state index contributed by atoms with van der Waals surface area (Å²) in [5, 5.41) is 9.38. The minimum Gasteiger partial charge on any atom is -0.356 e. The molecule has 0 unspecified atom stereocenters. The summed E-state index contributed by atoms with van der Waals surface area (Å²) in [6.07, 6.45) is 6.92. The van der Waals surface area contributed by atoms with Crippen LogP contribution in [0.3, 0.4) is 0 Å². The van der Waals surface area contributed by atoms with Crippen LogP contribution in [0.25, 0.3) is 16.6 Å². The summed E-state index contributed by atoms with van der Waals surface area (Å²) in [7, 11) is 0. The van der Waals surface area contributed by atoms with E-state index in [0.717, 1.165) is 48.5 Å². The Morgan fingerprint density at radius 1 is 1.16 bits per heavy atom. The van der Waals surface area contributed by atoms with Crippen LogP contribution in [0.2, 0.25) is 0 Å². The largest absolute Gasteiger partial charge is 0.356 e. The van der Waals surface area contributed by atoms with Crippen LogP contribution < -0.4 is 4.90 Å². The Morgan fingerprint density at radius 2 is 2.04 bits per heavy atom. The van der Waals surface area contributed by atoms with E-state index in [1.54, 1.807) is 12.3 Å². The summed E-state index contributed by atoms with van der Waals surface area (Å²) >= 11 is 0. The summed E-state index contributed by atoms with van der Waals surface area (Å²) in [6, 6.07) is 4.59. The highest BCUT2D eigenvalue weighted by Gasteiger charge is 2.26. The Labute approximate surface area is 142 Å². The molecule has 126 valence electrons. The molecule has 5 rings (SSSR count). The first kappa shape index (κ1) is 14.3. The van der Waals surface area contributed by atoms with Crippen LogP contribution in [0.4, 0.5) is 10.2 Å². The predicted octanol–water partition coefficient (Wildman–Crippen LogP) is 2.79. The second-order valence-corrected chi connectivity index (χ2v) is 6.27. The first-order valence-electron chi connectivity index (χ1n) is 8.23. The summed E-state index contributed by atoms with van der Waals surface area (Å²) in [5.74, 6) is 0.935. The predicted molar refractivity (Wildman–Crippen MR) is 88.9 cm³/mol. The van der Waals surface area contributed by atoms with Crippen molar-refractivity contribution in [1.29, 1.82) is 0 Å². The molecule has 4 aromatic rings. The Kier molecular flexibility index (Phi) is 3.16. The molecule has 0 bridgehead atoms. The summed E-state index contributed by atoms with van der Waals surface area (Å²) in [5.41, 5.74) is 2.17. The van der Waals surface area contributed by atoms with E-state index >= 15 is 0 Å². The molecule has 3 aromatic heterocycles. The quantitative estimate of drug-likeness (QED) is 0.560. The number of benzene rings is 1. The first-order chi connectivity index (χ1) is 12.3. The fourth-order valence-corrected chi connectivity index (χ4v) is 3.56. The van der Waals surface area contributed by atoms with E-state index in [9.17, 15) is 4.39 Å². The van der Waals surface area contributed by atoms with Gasteiger partial charge in [0.2, 0.25) is 0 Å². The molecule has 0 aliphatic carbocycles. The molecule has 1 aromatic carbocycles. The molecule has 8 heteroatoms. The standard InChI is InChI=1S/C17H15FN6O/c18-12-1-2-13-14(7-12)25-22-17(13)11-3-5-23(6-4-11)16-9-19-8-15-20-10-21-24(15)16/h1-2,7-11H,3-6H2. The molecule has 25 heavy (non-hydrogen) atoms. The second-order valence-electron chi connectivity index (χ2n) is 6.27. The fourth-order valence-electron chi connectivity index (χ4n) is 3.56. The van der Waals surface area contributed by atoms with Crippen molar-refractivity contribution in [3.8, 4) is 0 Å². The van der Waals surface area contributed by atoms with Gasteiger partial charge >= 0.3 is 0 Å². The van der Waals surface area contributed by atoms with Gasteiger partial charge in [0.1, 0.15) is 12.1 Å². The highest BCUT2D eigenvalue weighted by molar-refractivity contribution is 5.80. The molecule has 0 N–H and O–H groups in total. The van der Waals surface area contributed by atoms with Gasteiger partial charge in [0.05, 0.1) is 18.1 Å². The van der Waals surface area contributed by atoms with Crippen molar-refractivity contribution in [3.05, 3.63) is 48.4 Å². The van der Waals surface area contributed by atoms with Gasteiger partial charge in [-0.1, -0.05) is 5.16 Å². The van der Waals surface area contributed by atoms with Crippen LogP contribution in [0.1, 0.15) is 24.5 Å². The van der Waals surface area contributed by atoms with Crippen molar-refractivity contribution in [2.45, 2.75) is 18.8 Å². The van der Waals surface area contributed by atoms with Crippen LogP contribution in [-0.2, 0) is 0 Å². The Balaban J connectivity index is 1.40. The maximum absolute atomic E-state index is 13.3. The van der Waals surface area contributed by atoms with Crippen LogP contribution in [0.15, 0.2) is 41.4 Å². The number of piperidine rings is 1. The lowest BCUT2D eigenvalue weighted by Gasteiger charge is -2.32. The number of rotatable bonds is 2. The molecular formula is C17H15FN6O. The molecule has 1 aliphatic heterocycles. The monoisotopic (exact) mass is 338 g/mol. The topological polar surface area (TPSA) is 72.4 Å². The van der Waals surface area contributed by atoms with Gasteiger partial charge in [0.15, 0.2) is 17.0 Å². The second kappa shape index (κ2) is 5.51. The van der Waals surface area contributed by atoms with E-state index < -0.39 is 0 Å². The third-order valence-electron chi connectivity index (χ3n) is 4.84. The van der Waals surface area contributed by atoms with Crippen LogP contribution in [0, 0.1) is 5.82 Å². The average molecular weight is 338 g/mol. The zero-order chi connectivity index (χ0) is 16.8. The Hall–Kier alpha value is -3.03. The Bertz CT molecular complexity index is 1050. The minimum atomic E-state index is -0.307. The number of aromatic nitrogens is 5. The van der Waals surface area contributed by atoms with E-state index in [4.69, 9.17) is 4.52 Å². The lowest BCUT2D eigenvalue weighted by molar-refractivity contribution is 0.415. The average Bonchev–Trinajstić information content (AvgIpc) is 3.28. The molecule has 1 aliphatic rings. The highest BCUT2D eigenvalue weighted by atomic mass is 19.1. The molecular weight excluding hydrogens is 323 g/mol. The van der Waals surface area contributed by atoms with E-state index in [1.165, 1.54) is 18.5 Å². The van der Waals surface area contributed by atoms with Gasteiger partial charge in [-0.15, -0.1) is 0 Å². The molecule has 4 heterocycles. The number of hydrogen-bond donors (Lipinski definition) is 0. The zero-order valence-corrected chi connectivity index (χ0v) is 13.3. The molecule has 0 radical (unpaired) electrons. The van der Waals surface area contributed by atoms with Crippen LogP contribution in [0.5, 0.6) is 0 Å². The van der Waals surface area contributed by atoms with Crippen molar-refractivity contribution >= 4 is 22.4 Å². The Morgan fingerprint density at radius 3 is 2.92 bits per heavy atom. The number of nitrogens with zero attached hydrogens (tertiary/aromatic N) is 6. The van der Waals surface area contributed by atoms with E-state index in [1.807, 2.05) is 10.7 Å². The van der Waals surface area contributed by atoms with Crippen LogP contribution in [-0.4, -0.2) is 37.8 Å². The molecule has 1 saturated heterocycles. The van der Waals surface area contributed by atoms with Gasteiger partial charge in [-0.3, -0.25) is 4.98 Å². The molecule has 0 atom stereocenters. The van der Waals surface area contributed by atoms with E-state index in [2.05, 4.69) is 25.1 Å². The number of halogens is 1. The van der Waals surface area contributed by atoms with E-state index in [0.29, 0.717) is 11.5 Å². The van der Waals surface area contributed by atoms with Gasteiger partial charge in [-0.05, 0) is 25.0 Å². The zero-order valence-electron chi connectivity index (χ0n) is 13.3. The lowest BCUT2D eigenvalue weighted by atomic mass is 9.91. The third-order valence-corrected chi connectivity index (χ3v) is 4.84. The van der Waals surface area contributed by atoms with Crippen molar-refractivity contribution in [1.82, 2.24) is 24.7 Å². The van der Waals surface area contributed by atoms with E-state index in [-0.39, 0.29) is 5.82 Å². The SMILES string of the molecule is Fc1ccc2c(C3CCN(c4cncc5ncnn45)CC3)noc2c1. The molecule has 0 amide bonds. The first-order valence-corrected chi connectivity index (χ1v) is 8.23. The van der Waals surface area contributed by atoms with Crippen molar-refractivity contribution in [3.63, 3.8) is 0 Å². The van der Waals surface area contributed by atoms with Gasteiger partial charge in [-0.25, -0.2) is 9.37 Å². The third kappa shape index (κ3) is 2.33.